The van der Waals surface area contributed by atoms with E-state index in [1.807, 2.05) is 94.4 Å². The molecule has 1 aromatic heterocycles. The molecular weight excluding hydrogens is 568 g/mol. The lowest BCUT2D eigenvalue weighted by Gasteiger charge is -2.29. The average molecular weight is 607 g/mol. The van der Waals surface area contributed by atoms with Gasteiger partial charge in [0.25, 0.3) is 5.91 Å². The summed E-state index contributed by atoms with van der Waals surface area (Å²) in [6, 6.07) is 23.8. The molecule has 0 saturated carbocycles. The molecule has 10 heteroatoms. The molecule has 1 aliphatic heterocycles. The zero-order valence-electron chi connectivity index (χ0n) is 24.8. The molecule has 1 aliphatic rings. The van der Waals surface area contributed by atoms with Gasteiger partial charge in [0, 0.05) is 11.5 Å². The third-order valence-electron chi connectivity index (χ3n) is 6.64. The Morgan fingerprint density at radius 1 is 1.02 bits per heavy atom. The molecule has 43 heavy (non-hydrogen) atoms. The van der Waals surface area contributed by atoms with Crippen LogP contribution < -0.4 is 10.1 Å². The standard InChI is InChI=1S/C22H21ClN4O2.C9H12O3.C2H6/c1-13-8-9-16(17(23)10-13)18-11-24-21(26-18)20(27-19(28)12-25-22(27)29)14(2)15-6-4-3-5-7-15;10-6-8(11)7-12-9-4-2-1-3-5-9;1-2/h3-11,14,20H,12H2,1-2H3,(H,24,26)(H,25,29);1-5,8,10-11H,6-7H2;1-2H3. The van der Waals surface area contributed by atoms with E-state index in [4.69, 9.17) is 26.6 Å². The van der Waals surface area contributed by atoms with E-state index in [0.29, 0.717) is 16.6 Å². The number of ether oxygens (including phenoxy) is 1. The van der Waals surface area contributed by atoms with Crippen molar-refractivity contribution in [1.29, 1.82) is 0 Å². The second-order valence-corrected chi connectivity index (χ2v) is 10.1. The van der Waals surface area contributed by atoms with E-state index in [2.05, 4.69) is 15.3 Å². The minimum atomic E-state index is -0.801. The van der Waals surface area contributed by atoms with E-state index >= 15 is 0 Å². The highest BCUT2D eigenvalue weighted by atomic mass is 35.5. The van der Waals surface area contributed by atoms with Crippen molar-refractivity contribution in [2.75, 3.05) is 19.8 Å². The van der Waals surface area contributed by atoms with Crippen molar-refractivity contribution in [1.82, 2.24) is 20.2 Å². The van der Waals surface area contributed by atoms with E-state index in [9.17, 15) is 9.59 Å². The summed E-state index contributed by atoms with van der Waals surface area (Å²) in [6.45, 7) is 7.81. The summed E-state index contributed by atoms with van der Waals surface area (Å²) >= 11 is 6.41. The van der Waals surface area contributed by atoms with Crippen LogP contribution in [0.4, 0.5) is 4.79 Å². The fraction of sp³-hybridized carbons (Fsp3) is 0.303. The van der Waals surface area contributed by atoms with Gasteiger partial charge in [0.1, 0.15) is 30.3 Å². The number of aromatic nitrogens is 2. The first-order valence-electron chi connectivity index (χ1n) is 14.2. The number of aromatic amines is 1. The summed E-state index contributed by atoms with van der Waals surface area (Å²) < 4.78 is 5.15. The molecule has 9 nitrogen and oxygen atoms in total. The van der Waals surface area contributed by atoms with Gasteiger partial charge in [-0.2, -0.15) is 0 Å². The highest BCUT2D eigenvalue weighted by molar-refractivity contribution is 6.33. The number of aliphatic hydroxyl groups is 2. The van der Waals surface area contributed by atoms with E-state index < -0.39 is 18.2 Å². The predicted octanol–water partition coefficient (Wildman–Crippen LogP) is 5.88. The summed E-state index contributed by atoms with van der Waals surface area (Å²) in [5, 5.41) is 20.6. The number of aryl methyl sites for hydroxylation is 1. The third-order valence-corrected chi connectivity index (χ3v) is 6.95. The Balaban J connectivity index is 0.000000303. The van der Waals surface area contributed by atoms with Crippen molar-refractivity contribution < 1.29 is 24.5 Å². The quantitative estimate of drug-likeness (QED) is 0.176. The first-order valence-corrected chi connectivity index (χ1v) is 14.6. The minimum absolute atomic E-state index is 0.00575. The van der Waals surface area contributed by atoms with Gasteiger partial charge >= 0.3 is 6.03 Å². The summed E-state index contributed by atoms with van der Waals surface area (Å²) in [4.78, 5) is 34.0. The number of rotatable bonds is 9. The molecule has 5 rings (SSSR count). The number of urea groups is 1. The van der Waals surface area contributed by atoms with Crippen molar-refractivity contribution in [3.63, 3.8) is 0 Å². The van der Waals surface area contributed by atoms with E-state index in [0.717, 1.165) is 22.4 Å². The van der Waals surface area contributed by atoms with Crippen molar-refractivity contribution in [2.45, 2.75) is 45.8 Å². The van der Waals surface area contributed by atoms with Crippen LogP contribution in [-0.4, -0.2) is 62.9 Å². The molecule has 1 fully saturated rings. The van der Waals surface area contributed by atoms with Gasteiger partial charge < -0.3 is 25.3 Å². The van der Waals surface area contributed by atoms with Gasteiger partial charge in [-0.15, -0.1) is 0 Å². The van der Waals surface area contributed by atoms with Gasteiger partial charge in [0.2, 0.25) is 0 Å². The Morgan fingerprint density at radius 2 is 1.67 bits per heavy atom. The lowest BCUT2D eigenvalue weighted by molar-refractivity contribution is -0.127. The fourth-order valence-corrected chi connectivity index (χ4v) is 4.80. The molecule has 0 radical (unpaired) electrons. The van der Waals surface area contributed by atoms with Crippen molar-refractivity contribution in [2.24, 2.45) is 0 Å². The number of H-pyrrole nitrogens is 1. The number of benzene rings is 3. The number of hydrogen-bond donors (Lipinski definition) is 4. The van der Waals surface area contributed by atoms with E-state index in [1.54, 1.807) is 18.3 Å². The van der Waals surface area contributed by atoms with Crippen molar-refractivity contribution >= 4 is 23.5 Å². The number of nitrogens with one attached hydrogen (secondary N) is 2. The molecule has 3 amide bonds. The fourth-order valence-electron chi connectivity index (χ4n) is 4.46. The van der Waals surface area contributed by atoms with Crippen LogP contribution in [0.2, 0.25) is 5.02 Å². The number of carbonyl (C=O) groups excluding carboxylic acids is 2. The maximum Gasteiger partial charge on any atom is 0.325 e. The summed E-state index contributed by atoms with van der Waals surface area (Å²) in [5.74, 6) is 0.814. The zero-order chi connectivity index (χ0) is 31.4. The highest BCUT2D eigenvalue weighted by Crippen LogP contribution is 2.37. The van der Waals surface area contributed by atoms with Crippen LogP contribution in [0.5, 0.6) is 5.75 Å². The second-order valence-electron chi connectivity index (χ2n) is 9.69. The second kappa shape index (κ2) is 16.5. The lowest BCUT2D eigenvalue weighted by atomic mass is 9.91. The Hall–Kier alpha value is -4.18. The van der Waals surface area contributed by atoms with Crippen molar-refractivity contribution in [3.8, 4) is 17.0 Å². The number of amides is 3. The lowest BCUT2D eigenvalue weighted by Crippen LogP contribution is -2.38. The largest absolute Gasteiger partial charge is 0.491 e. The first-order chi connectivity index (χ1) is 20.8. The van der Waals surface area contributed by atoms with Gasteiger partial charge in [-0.1, -0.05) is 93.0 Å². The number of imidazole rings is 1. The Morgan fingerprint density at radius 3 is 2.26 bits per heavy atom. The molecule has 228 valence electrons. The number of carbonyl (C=O) groups is 2. The van der Waals surface area contributed by atoms with E-state index in [-0.39, 0.29) is 31.6 Å². The van der Waals surface area contributed by atoms with Crippen LogP contribution in [-0.2, 0) is 4.79 Å². The number of hydrogen-bond acceptors (Lipinski definition) is 6. The Labute approximate surface area is 257 Å². The summed E-state index contributed by atoms with van der Waals surface area (Å²) in [6.07, 6.45) is 0.889. The number of imide groups is 1. The SMILES string of the molecule is CC.Cc1ccc(-c2cnc(C(C(C)c3ccccc3)N3C(=O)CNC3=O)[nH]2)c(Cl)c1.OCC(O)COc1ccccc1. The van der Waals surface area contributed by atoms with Crippen LogP contribution in [0, 0.1) is 6.92 Å². The summed E-state index contributed by atoms with van der Waals surface area (Å²) in [5.41, 5.74) is 3.63. The molecule has 0 aliphatic carbocycles. The molecule has 3 aromatic carbocycles. The average Bonchev–Trinajstić information content (AvgIpc) is 3.65. The minimum Gasteiger partial charge on any atom is -0.491 e. The van der Waals surface area contributed by atoms with Gasteiger partial charge in [-0.3, -0.25) is 9.69 Å². The van der Waals surface area contributed by atoms with Crippen LogP contribution >= 0.6 is 11.6 Å². The monoisotopic (exact) mass is 606 g/mol. The van der Waals surface area contributed by atoms with E-state index in [1.165, 1.54) is 4.90 Å². The number of para-hydroxylation sites is 1. The number of aliphatic hydroxyl groups excluding tert-OH is 2. The molecule has 3 unspecified atom stereocenters. The molecule has 0 spiro atoms. The van der Waals surface area contributed by atoms with Crippen LogP contribution in [0.3, 0.4) is 0 Å². The Bertz CT molecular complexity index is 1430. The van der Waals surface area contributed by atoms with Crippen LogP contribution in [0.1, 0.15) is 49.7 Å². The molecule has 0 bridgehead atoms. The van der Waals surface area contributed by atoms with Crippen LogP contribution in [0.15, 0.2) is 85.1 Å². The highest BCUT2D eigenvalue weighted by Gasteiger charge is 2.40. The van der Waals surface area contributed by atoms with Gasteiger partial charge in [0.15, 0.2) is 0 Å². The maximum absolute atomic E-state index is 12.5. The van der Waals surface area contributed by atoms with Crippen molar-refractivity contribution in [3.05, 3.63) is 107 Å². The molecule has 1 saturated heterocycles. The smallest absolute Gasteiger partial charge is 0.325 e. The van der Waals surface area contributed by atoms with Gasteiger partial charge in [-0.05, 0) is 36.2 Å². The normalized spacial score (nSPS) is 14.4. The third kappa shape index (κ3) is 8.90. The maximum atomic E-state index is 12.5. The first kappa shape index (κ1) is 33.3. The molecule has 4 N–H and O–H groups in total. The van der Waals surface area contributed by atoms with Gasteiger partial charge in [-0.25, -0.2) is 9.78 Å². The van der Waals surface area contributed by atoms with Gasteiger partial charge in [0.05, 0.1) is 30.1 Å². The Kier molecular flexibility index (Phi) is 12.8. The predicted molar refractivity (Wildman–Crippen MR) is 168 cm³/mol. The van der Waals surface area contributed by atoms with Crippen LogP contribution in [0.25, 0.3) is 11.3 Å². The zero-order valence-corrected chi connectivity index (χ0v) is 25.6. The number of nitrogens with zero attached hydrogens (tertiary/aromatic N) is 2. The summed E-state index contributed by atoms with van der Waals surface area (Å²) in [7, 11) is 0. The molecule has 4 aromatic rings. The molecular formula is C33H39ClN4O5. The number of halogens is 1. The topological polar surface area (TPSA) is 128 Å². The molecule has 3 atom stereocenters. The molecule has 2 heterocycles.